The first-order chi connectivity index (χ1) is 28.2. The molecule has 344 valence electrons. The van der Waals surface area contributed by atoms with Gasteiger partial charge in [-0.3, -0.25) is 4.79 Å². The zero-order chi connectivity index (χ0) is 42.5. The second-order valence-corrected chi connectivity index (χ2v) is 17.4. The Bertz CT molecular complexity index is 937. The Hall–Kier alpha value is -1.11. The summed E-state index contributed by atoms with van der Waals surface area (Å²) >= 11 is 0. The minimum atomic E-state index is -1.60. The molecule has 1 amide bonds. The number of unbranched alkanes of at least 4 members (excludes halogenated alkanes) is 27. The highest BCUT2D eigenvalue weighted by atomic mass is 16.7. The average Bonchev–Trinajstić information content (AvgIpc) is 3.21. The van der Waals surface area contributed by atoms with Crippen molar-refractivity contribution in [2.75, 3.05) is 13.2 Å². The third kappa shape index (κ3) is 29.2. The molecule has 3 unspecified atom stereocenters. The van der Waals surface area contributed by atoms with Gasteiger partial charge in [0, 0.05) is 12.8 Å². The molecule has 0 bridgehead atoms. The van der Waals surface area contributed by atoms with Gasteiger partial charge >= 0.3 is 0 Å². The quantitative estimate of drug-likeness (QED) is 0.0235. The highest BCUT2D eigenvalue weighted by molar-refractivity contribution is 5.76. The Labute approximate surface area is 355 Å². The molecule has 0 aromatic carbocycles. The highest BCUT2D eigenvalue weighted by Gasteiger charge is 2.44. The smallest absolute Gasteiger partial charge is 0.220 e. The Morgan fingerprint density at radius 3 is 1.50 bits per heavy atom. The summed E-state index contributed by atoms with van der Waals surface area (Å²) in [4.78, 5) is 13.0. The van der Waals surface area contributed by atoms with Gasteiger partial charge in [-0.1, -0.05) is 187 Å². The fourth-order valence-electron chi connectivity index (χ4n) is 7.96. The van der Waals surface area contributed by atoms with Gasteiger partial charge in [0.15, 0.2) is 6.29 Å². The van der Waals surface area contributed by atoms with Crippen molar-refractivity contribution in [1.29, 1.82) is 0 Å². The van der Waals surface area contributed by atoms with Gasteiger partial charge < -0.3 is 45.4 Å². The molecule has 1 aliphatic heterocycles. The van der Waals surface area contributed by atoms with Gasteiger partial charge in [-0.2, -0.15) is 0 Å². The lowest BCUT2D eigenvalue weighted by atomic mass is 9.99. The van der Waals surface area contributed by atoms with Crippen molar-refractivity contribution in [3.8, 4) is 0 Å². The second-order valence-electron chi connectivity index (χ2n) is 17.4. The standard InChI is InChI=1S/C48H93NO9/c1-3-5-7-9-11-13-15-17-18-19-20-21-22-23-24-25-27-29-31-33-35-40(51)37-42(52)41(39-57-48-47(56)46(55)45(54)43(38-50)58-48)49-44(53)36-34-32-30-28-26-16-14-12-10-8-6-4-2/h27,29,40-43,45-48,50-52,54-56H,3-26,28,30-39H2,1-2H3,(H,49,53)/b29-27+/t40?,41?,42?,43-,45-,46+,47-,48-/m1/s1. The molecule has 0 saturated carbocycles. The van der Waals surface area contributed by atoms with E-state index in [-0.39, 0.29) is 18.9 Å². The Morgan fingerprint density at radius 1 is 0.603 bits per heavy atom. The van der Waals surface area contributed by atoms with Crippen LogP contribution in [0.2, 0.25) is 0 Å². The molecule has 8 atom stereocenters. The van der Waals surface area contributed by atoms with Gasteiger partial charge in [-0.05, 0) is 38.5 Å². The van der Waals surface area contributed by atoms with Crippen LogP contribution in [-0.2, 0) is 14.3 Å². The number of nitrogens with one attached hydrogen (secondary N) is 1. The normalized spacial score (nSPS) is 21.4. The van der Waals surface area contributed by atoms with E-state index in [0.717, 1.165) is 44.9 Å². The van der Waals surface area contributed by atoms with Crippen molar-refractivity contribution in [2.24, 2.45) is 0 Å². The number of carbonyl (C=O) groups excluding carboxylic acids is 1. The second kappa shape index (κ2) is 38.8. The molecule has 0 aromatic heterocycles. The van der Waals surface area contributed by atoms with Crippen LogP contribution in [0.15, 0.2) is 12.2 Å². The molecule has 0 radical (unpaired) electrons. The summed E-state index contributed by atoms with van der Waals surface area (Å²) < 4.78 is 11.2. The SMILES string of the molecule is CCCCCCCCCCCCCCCCC/C=C/CCCC(O)CC(O)C(CO[C@@H]1O[C@H](CO)[C@@H](O)[C@H](O)[C@H]1O)NC(=O)CCCCCCCCCCCCCC. The molecule has 1 fully saturated rings. The van der Waals surface area contributed by atoms with E-state index in [4.69, 9.17) is 9.47 Å². The first-order valence-electron chi connectivity index (χ1n) is 24.5. The summed E-state index contributed by atoms with van der Waals surface area (Å²) in [6, 6.07) is -0.901. The van der Waals surface area contributed by atoms with Crippen LogP contribution in [0.3, 0.4) is 0 Å². The molecule has 58 heavy (non-hydrogen) atoms. The van der Waals surface area contributed by atoms with Crippen molar-refractivity contribution in [2.45, 2.75) is 275 Å². The summed E-state index contributed by atoms with van der Waals surface area (Å²) in [7, 11) is 0. The predicted octanol–water partition coefficient (Wildman–Crippen LogP) is 9.48. The third-order valence-electron chi connectivity index (χ3n) is 11.9. The first kappa shape index (κ1) is 54.9. The molecule has 10 nitrogen and oxygen atoms in total. The molecule has 7 N–H and O–H groups in total. The summed E-state index contributed by atoms with van der Waals surface area (Å²) in [5, 5.41) is 65.1. The summed E-state index contributed by atoms with van der Waals surface area (Å²) in [5.41, 5.74) is 0. The van der Waals surface area contributed by atoms with Crippen molar-refractivity contribution < 1.29 is 44.9 Å². The number of amides is 1. The maximum Gasteiger partial charge on any atom is 0.220 e. The average molecular weight is 828 g/mol. The summed E-state index contributed by atoms with van der Waals surface area (Å²) in [6.07, 6.45) is 33.6. The lowest BCUT2D eigenvalue weighted by molar-refractivity contribution is -0.302. The van der Waals surface area contributed by atoms with Gasteiger partial charge in [0.2, 0.25) is 5.91 Å². The van der Waals surface area contributed by atoms with E-state index in [1.165, 1.54) is 148 Å². The topological polar surface area (TPSA) is 169 Å². The fraction of sp³-hybridized carbons (Fsp3) is 0.938. The molecule has 0 spiro atoms. The zero-order valence-corrected chi connectivity index (χ0v) is 37.4. The Kier molecular flexibility index (Phi) is 36.7. The van der Waals surface area contributed by atoms with Gasteiger partial charge in [-0.15, -0.1) is 0 Å². The minimum absolute atomic E-state index is 0.0322. The minimum Gasteiger partial charge on any atom is -0.394 e. The van der Waals surface area contributed by atoms with E-state index >= 15 is 0 Å². The highest BCUT2D eigenvalue weighted by Crippen LogP contribution is 2.23. The van der Waals surface area contributed by atoms with E-state index in [0.29, 0.717) is 12.8 Å². The van der Waals surface area contributed by atoms with Gasteiger partial charge in [0.05, 0.1) is 31.5 Å². The van der Waals surface area contributed by atoms with Crippen molar-refractivity contribution in [3.63, 3.8) is 0 Å². The third-order valence-corrected chi connectivity index (χ3v) is 11.9. The molecular weight excluding hydrogens is 735 g/mol. The number of hydrogen-bond donors (Lipinski definition) is 7. The molecule has 1 aliphatic rings. The number of ether oxygens (including phenoxy) is 2. The molecule has 1 heterocycles. The van der Waals surface area contributed by atoms with Crippen LogP contribution < -0.4 is 5.32 Å². The fourth-order valence-corrected chi connectivity index (χ4v) is 7.96. The molecule has 0 aromatic rings. The van der Waals surface area contributed by atoms with Crippen LogP contribution in [0.25, 0.3) is 0 Å². The summed E-state index contributed by atoms with van der Waals surface area (Å²) in [6.45, 7) is 3.66. The Balaban J connectivity index is 2.34. The lowest BCUT2D eigenvalue weighted by Gasteiger charge is -2.40. The number of carbonyl (C=O) groups is 1. The first-order valence-corrected chi connectivity index (χ1v) is 24.5. The number of allylic oxidation sites excluding steroid dienone is 2. The van der Waals surface area contributed by atoms with E-state index < -0.39 is 55.6 Å². The van der Waals surface area contributed by atoms with Crippen molar-refractivity contribution in [1.82, 2.24) is 5.32 Å². The van der Waals surface area contributed by atoms with Crippen LogP contribution in [-0.4, -0.2) is 98.7 Å². The number of aliphatic hydroxyl groups is 6. The number of rotatable bonds is 41. The monoisotopic (exact) mass is 828 g/mol. The maximum atomic E-state index is 13.0. The Morgan fingerprint density at radius 2 is 1.03 bits per heavy atom. The van der Waals surface area contributed by atoms with Crippen LogP contribution in [0.1, 0.15) is 226 Å². The summed E-state index contributed by atoms with van der Waals surface area (Å²) in [5.74, 6) is -0.234. The van der Waals surface area contributed by atoms with Crippen LogP contribution in [0, 0.1) is 0 Å². The predicted molar refractivity (Wildman–Crippen MR) is 237 cm³/mol. The zero-order valence-electron chi connectivity index (χ0n) is 37.4. The maximum absolute atomic E-state index is 13.0. The van der Waals surface area contributed by atoms with Crippen LogP contribution >= 0.6 is 0 Å². The van der Waals surface area contributed by atoms with E-state index in [1.54, 1.807) is 0 Å². The van der Waals surface area contributed by atoms with Crippen LogP contribution in [0.4, 0.5) is 0 Å². The van der Waals surface area contributed by atoms with E-state index in [1.807, 2.05) is 0 Å². The molecule has 0 aliphatic carbocycles. The van der Waals surface area contributed by atoms with Crippen LogP contribution in [0.5, 0.6) is 0 Å². The van der Waals surface area contributed by atoms with Gasteiger partial charge in [-0.25, -0.2) is 0 Å². The van der Waals surface area contributed by atoms with Gasteiger partial charge in [0.25, 0.3) is 0 Å². The van der Waals surface area contributed by atoms with E-state index in [2.05, 4.69) is 31.3 Å². The lowest BCUT2D eigenvalue weighted by Crippen LogP contribution is -2.60. The molecule has 1 rings (SSSR count). The molecular formula is C48H93NO9. The number of hydrogen-bond acceptors (Lipinski definition) is 9. The van der Waals surface area contributed by atoms with Crippen molar-refractivity contribution >= 4 is 5.91 Å². The molecule has 10 heteroatoms. The number of aliphatic hydroxyl groups excluding tert-OH is 6. The molecule has 1 saturated heterocycles. The van der Waals surface area contributed by atoms with Gasteiger partial charge in [0.1, 0.15) is 24.4 Å². The largest absolute Gasteiger partial charge is 0.394 e. The van der Waals surface area contributed by atoms with E-state index in [9.17, 15) is 35.4 Å². The van der Waals surface area contributed by atoms with Crippen molar-refractivity contribution in [3.05, 3.63) is 12.2 Å².